The van der Waals surface area contributed by atoms with Gasteiger partial charge in [-0.3, -0.25) is 4.79 Å². The highest BCUT2D eigenvalue weighted by Gasteiger charge is 2.15. The molecule has 0 saturated carbocycles. The van der Waals surface area contributed by atoms with E-state index in [0.29, 0.717) is 12.6 Å². The average Bonchev–Trinajstić information content (AvgIpc) is 2.83. The second-order valence-electron chi connectivity index (χ2n) is 4.56. The van der Waals surface area contributed by atoms with E-state index in [4.69, 9.17) is 4.74 Å². The van der Waals surface area contributed by atoms with Crippen LogP contribution in [0.15, 0.2) is 24.3 Å². The molecule has 0 amide bonds. The van der Waals surface area contributed by atoms with Crippen LogP contribution in [0.4, 0.5) is 0 Å². The number of hydrogen-bond donors (Lipinski definition) is 1. The van der Waals surface area contributed by atoms with E-state index in [-0.39, 0.29) is 5.78 Å². The Morgan fingerprint density at radius 3 is 2.82 bits per heavy atom. The summed E-state index contributed by atoms with van der Waals surface area (Å²) in [7, 11) is 0. The summed E-state index contributed by atoms with van der Waals surface area (Å²) in [6.07, 6.45) is 2.53. The van der Waals surface area contributed by atoms with Crippen molar-refractivity contribution >= 4 is 5.78 Å². The maximum atomic E-state index is 11.8. The van der Waals surface area contributed by atoms with Crippen molar-refractivity contribution in [2.75, 3.05) is 19.7 Å². The quantitative estimate of drug-likeness (QED) is 0.790. The van der Waals surface area contributed by atoms with E-state index < -0.39 is 0 Å². The molecule has 1 heterocycles. The van der Waals surface area contributed by atoms with E-state index in [1.165, 1.54) is 5.56 Å². The van der Waals surface area contributed by atoms with Crippen LogP contribution in [0.3, 0.4) is 0 Å². The van der Waals surface area contributed by atoms with E-state index in [2.05, 4.69) is 5.32 Å². The van der Waals surface area contributed by atoms with Gasteiger partial charge in [-0.1, -0.05) is 29.8 Å². The van der Waals surface area contributed by atoms with Crippen LogP contribution >= 0.6 is 0 Å². The molecule has 1 aromatic rings. The molecule has 0 radical (unpaired) electrons. The van der Waals surface area contributed by atoms with Crippen LogP contribution in [0.1, 0.15) is 28.8 Å². The number of carbonyl (C=O) groups is 1. The van der Waals surface area contributed by atoms with Crippen molar-refractivity contribution in [3.05, 3.63) is 35.4 Å². The molecular weight excluding hydrogens is 214 g/mol. The Kier molecular flexibility index (Phi) is 4.29. The molecule has 92 valence electrons. The molecule has 0 aromatic heterocycles. The van der Waals surface area contributed by atoms with Crippen LogP contribution in [0.25, 0.3) is 0 Å². The molecule has 1 aliphatic rings. The minimum Gasteiger partial charge on any atom is -0.377 e. The molecule has 2 rings (SSSR count). The van der Waals surface area contributed by atoms with Crippen LogP contribution < -0.4 is 5.32 Å². The molecule has 1 N–H and O–H groups in total. The number of rotatable bonds is 5. The molecule has 1 atom stereocenters. The van der Waals surface area contributed by atoms with Crippen LogP contribution in [-0.2, 0) is 4.74 Å². The molecule has 0 bridgehead atoms. The summed E-state index contributed by atoms with van der Waals surface area (Å²) in [5.41, 5.74) is 1.95. The number of nitrogens with one attached hydrogen (secondary N) is 1. The van der Waals surface area contributed by atoms with E-state index in [1.54, 1.807) is 0 Å². The van der Waals surface area contributed by atoms with Gasteiger partial charge < -0.3 is 10.1 Å². The number of ether oxygens (including phenoxy) is 1. The topological polar surface area (TPSA) is 38.3 Å². The van der Waals surface area contributed by atoms with E-state index in [1.807, 2.05) is 31.2 Å². The molecule has 17 heavy (non-hydrogen) atoms. The highest BCUT2D eigenvalue weighted by atomic mass is 16.5. The van der Waals surface area contributed by atoms with Crippen LogP contribution in [0, 0.1) is 6.92 Å². The van der Waals surface area contributed by atoms with Crippen molar-refractivity contribution in [1.82, 2.24) is 5.32 Å². The van der Waals surface area contributed by atoms with E-state index >= 15 is 0 Å². The van der Waals surface area contributed by atoms with Crippen molar-refractivity contribution in [1.29, 1.82) is 0 Å². The summed E-state index contributed by atoms with van der Waals surface area (Å²) in [5, 5.41) is 3.17. The van der Waals surface area contributed by atoms with Crippen molar-refractivity contribution in [2.45, 2.75) is 25.9 Å². The van der Waals surface area contributed by atoms with Gasteiger partial charge in [0.25, 0.3) is 0 Å². The molecule has 0 spiro atoms. The van der Waals surface area contributed by atoms with Gasteiger partial charge in [0.1, 0.15) is 0 Å². The van der Waals surface area contributed by atoms with E-state index in [9.17, 15) is 4.79 Å². The van der Waals surface area contributed by atoms with Gasteiger partial charge in [0.05, 0.1) is 12.6 Å². The van der Waals surface area contributed by atoms with Crippen LogP contribution in [0.2, 0.25) is 0 Å². The first-order valence-corrected chi connectivity index (χ1v) is 6.18. The lowest BCUT2D eigenvalue weighted by molar-refractivity contribution is 0.0955. The molecule has 3 heteroatoms. The number of ketones is 1. The first kappa shape index (κ1) is 12.3. The number of benzene rings is 1. The Morgan fingerprint density at radius 1 is 1.41 bits per heavy atom. The third-order valence-electron chi connectivity index (χ3n) is 3.06. The molecule has 3 nitrogen and oxygen atoms in total. The summed E-state index contributed by atoms with van der Waals surface area (Å²) in [6.45, 7) is 4.04. The monoisotopic (exact) mass is 233 g/mol. The maximum Gasteiger partial charge on any atom is 0.176 e. The van der Waals surface area contributed by atoms with Crippen molar-refractivity contribution < 1.29 is 9.53 Å². The molecule has 1 unspecified atom stereocenters. The third kappa shape index (κ3) is 3.65. The zero-order valence-electron chi connectivity index (χ0n) is 10.2. The molecule has 1 aromatic carbocycles. The highest BCUT2D eigenvalue weighted by Crippen LogP contribution is 2.10. The second kappa shape index (κ2) is 5.94. The van der Waals surface area contributed by atoms with Gasteiger partial charge in [-0.25, -0.2) is 0 Å². The SMILES string of the molecule is Cc1ccc(C(=O)CNCC2CCCO2)cc1. The van der Waals surface area contributed by atoms with Crippen LogP contribution in [-0.4, -0.2) is 31.6 Å². The Labute approximate surface area is 102 Å². The largest absolute Gasteiger partial charge is 0.377 e. The highest BCUT2D eigenvalue weighted by molar-refractivity contribution is 5.97. The average molecular weight is 233 g/mol. The summed E-state index contributed by atoms with van der Waals surface area (Å²) in [6, 6.07) is 7.69. The summed E-state index contributed by atoms with van der Waals surface area (Å²) in [5.74, 6) is 0.142. The maximum absolute atomic E-state index is 11.8. The standard InChI is InChI=1S/C14H19NO2/c1-11-4-6-12(7-5-11)14(16)10-15-9-13-3-2-8-17-13/h4-7,13,15H,2-3,8-10H2,1H3. The summed E-state index contributed by atoms with van der Waals surface area (Å²) in [4.78, 5) is 11.8. The molecule has 0 aliphatic carbocycles. The fourth-order valence-electron chi connectivity index (χ4n) is 1.99. The zero-order valence-corrected chi connectivity index (χ0v) is 10.2. The Morgan fingerprint density at radius 2 is 2.18 bits per heavy atom. The number of aryl methyl sites for hydroxylation is 1. The van der Waals surface area contributed by atoms with Crippen LogP contribution in [0.5, 0.6) is 0 Å². The van der Waals surface area contributed by atoms with Crippen molar-refractivity contribution in [3.63, 3.8) is 0 Å². The van der Waals surface area contributed by atoms with Crippen molar-refractivity contribution in [3.8, 4) is 0 Å². The van der Waals surface area contributed by atoms with E-state index in [0.717, 1.165) is 31.6 Å². The normalized spacial score (nSPS) is 19.5. The summed E-state index contributed by atoms with van der Waals surface area (Å²) >= 11 is 0. The molecule has 1 aliphatic heterocycles. The fraction of sp³-hybridized carbons (Fsp3) is 0.500. The lowest BCUT2D eigenvalue weighted by Gasteiger charge is -2.10. The lowest BCUT2D eigenvalue weighted by Crippen LogP contribution is -2.30. The molecular formula is C14H19NO2. The van der Waals surface area contributed by atoms with Gasteiger partial charge in [-0.15, -0.1) is 0 Å². The Bertz CT molecular complexity index is 366. The van der Waals surface area contributed by atoms with Crippen molar-refractivity contribution in [2.24, 2.45) is 0 Å². The number of Topliss-reactive ketones (excluding diaryl/α,β-unsaturated/α-hetero) is 1. The molecule has 1 saturated heterocycles. The molecule has 1 fully saturated rings. The van der Waals surface area contributed by atoms with Gasteiger partial charge in [0.15, 0.2) is 5.78 Å². The minimum atomic E-state index is 0.142. The summed E-state index contributed by atoms with van der Waals surface area (Å²) < 4.78 is 5.48. The number of carbonyl (C=O) groups excluding carboxylic acids is 1. The second-order valence-corrected chi connectivity index (χ2v) is 4.56. The third-order valence-corrected chi connectivity index (χ3v) is 3.06. The Balaban J connectivity index is 1.75. The number of hydrogen-bond acceptors (Lipinski definition) is 3. The zero-order chi connectivity index (χ0) is 12.1. The predicted molar refractivity (Wildman–Crippen MR) is 67.4 cm³/mol. The van der Waals surface area contributed by atoms with Gasteiger partial charge in [-0.2, -0.15) is 0 Å². The minimum absolute atomic E-state index is 0.142. The van der Waals surface area contributed by atoms with Gasteiger partial charge in [-0.05, 0) is 19.8 Å². The lowest BCUT2D eigenvalue weighted by atomic mass is 10.1. The van der Waals surface area contributed by atoms with Gasteiger partial charge >= 0.3 is 0 Å². The first-order chi connectivity index (χ1) is 8.25. The van der Waals surface area contributed by atoms with Gasteiger partial charge in [0, 0.05) is 18.7 Å². The first-order valence-electron chi connectivity index (χ1n) is 6.18. The Hall–Kier alpha value is -1.19. The fourth-order valence-corrected chi connectivity index (χ4v) is 1.99. The predicted octanol–water partition coefficient (Wildman–Crippen LogP) is 1.95. The smallest absolute Gasteiger partial charge is 0.176 e. The van der Waals surface area contributed by atoms with Gasteiger partial charge in [0.2, 0.25) is 0 Å².